The van der Waals surface area contributed by atoms with Crippen LogP contribution in [0.15, 0.2) is 60.0 Å². The lowest BCUT2D eigenvalue weighted by molar-refractivity contribution is -0.120. The van der Waals surface area contributed by atoms with Crippen molar-refractivity contribution in [1.29, 1.82) is 0 Å². The zero-order valence-electron chi connectivity index (χ0n) is 14.5. The molecule has 0 aliphatic rings. The molecule has 26 heavy (non-hydrogen) atoms. The molecular formula is C20H20N2O3S. The van der Waals surface area contributed by atoms with Crippen LogP contribution in [-0.2, 0) is 11.2 Å². The van der Waals surface area contributed by atoms with Crippen LogP contribution in [0.5, 0.6) is 11.5 Å². The van der Waals surface area contributed by atoms with Gasteiger partial charge < -0.3 is 14.8 Å². The summed E-state index contributed by atoms with van der Waals surface area (Å²) in [5.41, 5.74) is 1.85. The number of aromatic nitrogens is 1. The van der Waals surface area contributed by atoms with Crippen LogP contribution in [0.3, 0.4) is 0 Å². The summed E-state index contributed by atoms with van der Waals surface area (Å²) in [5, 5.41) is 5.70. The minimum Gasteiger partial charge on any atom is -0.497 e. The molecule has 0 atom stereocenters. The van der Waals surface area contributed by atoms with E-state index >= 15 is 0 Å². The third kappa shape index (κ3) is 5.07. The van der Waals surface area contributed by atoms with E-state index in [4.69, 9.17) is 9.47 Å². The third-order valence-corrected chi connectivity index (χ3v) is 4.61. The van der Waals surface area contributed by atoms with Crippen LogP contribution < -0.4 is 14.8 Å². The van der Waals surface area contributed by atoms with E-state index in [0.717, 1.165) is 27.8 Å². The van der Waals surface area contributed by atoms with Crippen molar-refractivity contribution in [2.24, 2.45) is 0 Å². The molecule has 6 heteroatoms. The summed E-state index contributed by atoms with van der Waals surface area (Å²) in [6.07, 6.45) is 0.270. The Morgan fingerprint density at radius 2 is 1.81 bits per heavy atom. The van der Waals surface area contributed by atoms with Gasteiger partial charge in [0.15, 0.2) is 0 Å². The molecule has 1 N–H and O–H groups in total. The molecule has 1 aromatic heterocycles. The van der Waals surface area contributed by atoms with Gasteiger partial charge in [-0.3, -0.25) is 4.79 Å². The number of thiazole rings is 1. The highest BCUT2D eigenvalue weighted by Gasteiger charge is 2.08. The Kier molecular flexibility index (Phi) is 6.22. The second-order valence-corrected chi connectivity index (χ2v) is 6.42. The molecule has 134 valence electrons. The van der Waals surface area contributed by atoms with Crippen LogP contribution in [0, 0.1) is 0 Å². The number of methoxy groups -OCH3 is 1. The maximum absolute atomic E-state index is 12.0. The maximum Gasteiger partial charge on any atom is 0.226 e. The van der Waals surface area contributed by atoms with Gasteiger partial charge in [-0.15, -0.1) is 11.3 Å². The first-order valence-electron chi connectivity index (χ1n) is 8.28. The Morgan fingerprint density at radius 1 is 1.08 bits per heavy atom. The van der Waals surface area contributed by atoms with Gasteiger partial charge in [-0.2, -0.15) is 0 Å². The lowest BCUT2D eigenvalue weighted by Crippen LogP contribution is -2.29. The van der Waals surface area contributed by atoms with Crippen molar-refractivity contribution in [3.05, 3.63) is 65.7 Å². The molecule has 1 amide bonds. The quantitative estimate of drug-likeness (QED) is 0.618. The number of hydrogen-bond donors (Lipinski definition) is 1. The first-order chi connectivity index (χ1) is 12.7. The molecule has 0 radical (unpaired) electrons. The van der Waals surface area contributed by atoms with Gasteiger partial charge in [0.1, 0.15) is 23.1 Å². The van der Waals surface area contributed by atoms with Crippen molar-refractivity contribution in [3.63, 3.8) is 0 Å². The van der Waals surface area contributed by atoms with Crippen LogP contribution in [-0.4, -0.2) is 31.2 Å². The smallest absolute Gasteiger partial charge is 0.226 e. The largest absolute Gasteiger partial charge is 0.497 e. The predicted molar refractivity (Wildman–Crippen MR) is 103 cm³/mol. The van der Waals surface area contributed by atoms with Crippen LogP contribution >= 0.6 is 11.3 Å². The van der Waals surface area contributed by atoms with Gasteiger partial charge >= 0.3 is 0 Å². The fourth-order valence-electron chi connectivity index (χ4n) is 2.36. The number of hydrogen-bond acceptors (Lipinski definition) is 5. The maximum atomic E-state index is 12.0. The molecule has 1 heterocycles. The molecule has 0 fully saturated rings. The van der Waals surface area contributed by atoms with E-state index in [1.54, 1.807) is 18.4 Å². The van der Waals surface area contributed by atoms with Gasteiger partial charge in [-0.05, 0) is 24.3 Å². The number of nitrogens with one attached hydrogen (secondary N) is 1. The van der Waals surface area contributed by atoms with Crippen LogP contribution in [0.2, 0.25) is 0 Å². The van der Waals surface area contributed by atoms with Crippen molar-refractivity contribution >= 4 is 17.2 Å². The summed E-state index contributed by atoms with van der Waals surface area (Å²) in [7, 11) is 1.62. The highest BCUT2D eigenvalue weighted by molar-refractivity contribution is 7.13. The summed E-state index contributed by atoms with van der Waals surface area (Å²) < 4.78 is 10.7. The number of benzene rings is 2. The van der Waals surface area contributed by atoms with Gasteiger partial charge in [0.2, 0.25) is 5.91 Å². The number of ether oxygens (including phenoxy) is 2. The first-order valence-corrected chi connectivity index (χ1v) is 9.16. The van der Waals surface area contributed by atoms with E-state index in [1.807, 2.05) is 60.0 Å². The van der Waals surface area contributed by atoms with Crippen LogP contribution in [0.4, 0.5) is 0 Å². The molecule has 0 aliphatic heterocycles. The van der Waals surface area contributed by atoms with Crippen LogP contribution in [0.25, 0.3) is 10.6 Å². The summed E-state index contributed by atoms with van der Waals surface area (Å²) in [6.45, 7) is 0.852. The average Bonchev–Trinajstić information content (AvgIpc) is 3.15. The molecule has 0 aliphatic carbocycles. The van der Waals surface area contributed by atoms with E-state index in [-0.39, 0.29) is 12.3 Å². The molecule has 0 unspecified atom stereocenters. The fourth-order valence-corrected chi connectivity index (χ4v) is 3.19. The van der Waals surface area contributed by atoms with E-state index in [1.165, 1.54) is 0 Å². The van der Waals surface area contributed by atoms with Crippen molar-refractivity contribution in [2.75, 3.05) is 20.3 Å². The summed E-state index contributed by atoms with van der Waals surface area (Å²) in [5.74, 6) is 1.46. The number of nitrogens with zero attached hydrogens (tertiary/aromatic N) is 1. The molecule has 5 nitrogen and oxygen atoms in total. The fraction of sp³-hybridized carbons (Fsp3) is 0.200. The van der Waals surface area contributed by atoms with E-state index in [0.29, 0.717) is 13.2 Å². The Bertz CT molecular complexity index is 832. The van der Waals surface area contributed by atoms with Crippen molar-refractivity contribution in [2.45, 2.75) is 6.42 Å². The number of rotatable bonds is 8. The van der Waals surface area contributed by atoms with Gasteiger partial charge in [0.05, 0.1) is 25.8 Å². The Morgan fingerprint density at radius 3 is 2.54 bits per heavy atom. The van der Waals surface area contributed by atoms with Gasteiger partial charge in [0, 0.05) is 10.9 Å². The summed E-state index contributed by atoms with van der Waals surface area (Å²) in [6, 6.07) is 17.3. The molecular weight excluding hydrogens is 348 g/mol. The second kappa shape index (κ2) is 9.01. The van der Waals surface area contributed by atoms with Crippen LogP contribution in [0.1, 0.15) is 5.69 Å². The minimum atomic E-state index is -0.0618. The minimum absolute atomic E-state index is 0.0618. The normalized spacial score (nSPS) is 10.3. The lowest BCUT2D eigenvalue weighted by atomic mass is 10.2. The zero-order chi connectivity index (χ0) is 18.2. The number of carbonyl (C=O) groups is 1. The van der Waals surface area contributed by atoms with Gasteiger partial charge in [-0.25, -0.2) is 4.98 Å². The highest BCUT2D eigenvalue weighted by Crippen LogP contribution is 2.23. The van der Waals surface area contributed by atoms with E-state index in [2.05, 4.69) is 10.3 Å². The Labute approximate surface area is 156 Å². The molecule has 3 rings (SSSR count). The molecule has 2 aromatic carbocycles. The Hall–Kier alpha value is -2.86. The lowest BCUT2D eigenvalue weighted by Gasteiger charge is -2.08. The average molecular weight is 368 g/mol. The monoisotopic (exact) mass is 368 g/mol. The first kappa shape index (κ1) is 17.9. The number of amides is 1. The zero-order valence-corrected chi connectivity index (χ0v) is 15.3. The highest BCUT2D eigenvalue weighted by atomic mass is 32.1. The van der Waals surface area contributed by atoms with Crippen molar-refractivity contribution in [1.82, 2.24) is 10.3 Å². The Balaban J connectivity index is 1.41. The third-order valence-electron chi connectivity index (χ3n) is 3.67. The SMILES string of the molecule is COc1ccc(OCCNC(=O)Cc2csc(-c3ccccc3)n2)cc1. The molecule has 3 aromatic rings. The van der Waals surface area contributed by atoms with E-state index < -0.39 is 0 Å². The molecule has 0 bridgehead atoms. The predicted octanol–water partition coefficient (Wildman–Crippen LogP) is 3.56. The van der Waals surface area contributed by atoms with Gasteiger partial charge in [0.25, 0.3) is 0 Å². The standard InChI is InChI=1S/C20H20N2O3S/c1-24-17-7-9-18(10-8-17)25-12-11-21-19(23)13-16-14-26-20(22-16)15-5-3-2-4-6-15/h2-10,14H,11-13H2,1H3,(H,21,23). The molecule has 0 spiro atoms. The number of carbonyl (C=O) groups excluding carboxylic acids is 1. The van der Waals surface area contributed by atoms with E-state index in [9.17, 15) is 4.79 Å². The molecule has 0 saturated heterocycles. The van der Waals surface area contributed by atoms with Crippen molar-refractivity contribution < 1.29 is 14.3 Å². The van der Waals surface area contributed by atoms with Gasteiger partial charge in [-0.1, -0.05) is 30.3 Å². The molecule has 0 saturated carbocycles. The second-order valence-electron chi connectivity index (χ2n) is 5.56. The topological polar surface area (TPSA) is 60.5 Å². The van der Waals surface area contributed by atoms with Crippen molar-refractivity contribution in [3.8, 4) is 22.1 Å². The summed E-state index contributed by atoms with van der Waals surface area (Å²) in [4.78, 5) is 16.6. The summed E-state index contributed by atoms with van der Waals surface area (Å²) >= 11 is 1.55.